The summed E-state index contributed by atoms with van der Waals surface area (Å²) < 4.78 is 0. The molecular formula is C16H23NO3. The lowest BCUT2D eigenvalue weighted by Crippen LogP contribution is -2.34. The third kappa shape index (κ3) is 5.43. The number of hydrogen-bond acceptors (Lipinski definition) is 2. The standard InChI is InChI=1S/C16H23NO3/c1-11(2)8-14(16(19)20)10-17-15(18)9-13-7-5-4-6-12(13)3/h4-7,11,14H,8-10H2,1-3H3,(H,17,18)(H,19,20)/t14-/m0/s1. The second kappa shape index (κ2) is 7.68. The Hall–Kier alpha value is -1.84. The molecular weight excluding hydrogens is 254 g/mol. The predicted octanol–water partition coefficient (Wildman–Crippen LogP) is 2.40. The van der Waals surface area contributed by atoms with Crippen molar-refractivity contribution in [3.63, 3.8) is 0 Å². The molecule has 1 aromatic rings. The maximum absolute atomic E-state index is 11.9. The molecule has 0 aliphatic rings. The van der Waals surface area contributed by atoms with Gasteiger partial charge in [0.25, 0.3) is 0 Å². The van der Waals surface area contributed by atoms with E-state index in [4.69, 9.17) is 5.11 Å². The van der Waals surface area contributed by atoms with Gasteiger partial charge in [0.2, 0.25) is 5.91 Å². The molecule has 0 radical (unpaired) electrons. The number of carboxylic acid groups (broad SMARTS) is 1. The van der Waals surface area contributed by atoms with E-state index in [0.29, 0.717) is 18.8 Å². The molecule has 1 atom stereocenters. The molecule has 1 rings (SSSR count). The monoisotopic (exact) mass is 277 g/mol. The van der Waals surface area contributed by atoms with E-state index >= 15 is 0 Å². The molecule has 1 aromatic carbocycles. The minimum absolute atomic E-state index is 0.130. The lowest BCUT2D eigenvalue weighted by molar-refractivity contribution is -0.142. The molecule has 0 aromatic heterocycles. The first kappa shape index (κ1) is 16.2. The first-order valence-corrected chi connectivity index (χ1v) is 6.94. The highest BCUT2D eigenvalue weighted by Gasteiger charge is 2.19. The number of nitrogens with one attached hydrogen (secondary N) is 1. The molecule has 2 N–H and O–H groups in total. The Kier molecular flexibility index (Phi) is 6.22. The number of benzene rings is 1. The Bertz CT molecular complexity index is 469. The van der Waals surface area contributed by atoms with Crippen molar-refractivity contribution in [1.29, 1.82) is 0 Å². The largest absolute Gasteiger partial charge is 0.481 e. The van der Waals surface area contributed by atoms with Gasteiger partial charge in [-0.25, -0.2) is 0 Å². The zero-order valence-electron chi connectivity index (χ0n) is 12.3. The Balaban J connectivity index is 2.50. The number of carboxylic acids is 1. The normalized spacial score (nSPS) is 12.2. The van der Waals surface area contributed by atoms with Crippen molar-refractivity contribution < 1.29 is 14.7 Å². The van der Waals surface area contributed by atoms with Crippen molar-refractivity contribution >= 4 is 11.9 Å². The Morgan fingerprint density at radius 3 is 2.45 bits per heavy atom. The van der Waals surface area contributed by atoms with Gasteiger partial charge >= 0.3 is 5.97 Å². The molecule has 0 bridgehead atoms. The van der Waals surface area contributed by atoms with Gasteiger partial charge in [0.15, 0.2) is 0 Å². The van der Waals surface area contributed by atoms with Gasteiger partial charge in [-0.1, -0.05) is 38.1 Å². The smallest absolute Gasteiger partial charge is 0.308 e. The van der Waals surface area contributed by atoms with E-state index in [2.05, 4.69) is 5.32 Å². The predicted molar refractivity (Wildman–Crippen MR) is 78.5 cm³/mol. The van der Waals surface area contributed by atoms with Gasteiger partial charge in [-0.15, -0.1) is 0 Å². The van der Waals surface area contributed by atoms with Crippen LogP contribution in [0.2, 0.25) is 0 Å². The number of aryl methyl sites for hydroxylation is 1. The average molecular weight is 277 g/mol. The third-order valence-electron chi connectivity index (χ3n) is 3.26. The van der Waals surface area contributed by atoms with Crippen LogP contribution < -0.4 is 5.32 Å². The van der Waals surface area contributed by atoms with E-state index in [0.717, 1.165) is 11.1 Å². The molecule has 4 heteroatoms. The number of rotatable bonds is 7. The number of carbonyl (C=O) groups is 2. The SMILES string of the molecule is Cc1ccccc1CC(=O)NC[C@H](CC(C)C)C(=O)O. The van der Waals surface area contributed by atoms with E-state index < -0.39 is 11.9 Å². The summed E-state index contributed by atoms with van der Waals surface area (Å²) >= 11 is 0. The highest BCUT2D eigenvalue weighted by Crippen LogP contribution is 2.12. The molecule has 1 amide bonds. The molecule has 0 saturated heterocycles. The van der Waals surface area contributed by atoms with Crippen molar-refractivity contribution in [1.82, 2.24) is 5.32 Å². The van der Waals surface area contributed by atoms with Gasteiger partial charge < -0.3 is 10.4 Å². The summed E-state index contributed by atoms with van der Waals surface area (Å²) in [6.07, 6.45) is 0.862. The van der Waals surface area contributed by atoms with Crippen molar-refractivity contribution in [3.05, 3.63) is 35.4 Å². The van der Waals surface area contributed by atoms with Crippen molar-refractivity contribution in [3.8, 4) is 0 Å². The molecule has 0 spiro atoms. The molecule has 0 unspecified atom stereocenters. The molecule has 110 valence electrons. The van der Waals surface area contributed by atoms with Crippen LogP contribution in [0.3, 0.4) is 0 Å². The maximum atomic E-state index is 11.9. The quantitative estimate of drug-likeness (QED) is 0.804. The zero-order chi connectivity index (χ0) is 15.1. The zero-order valence-corrected chi connectivity index (χ0v) is 12.3. The lowest BCUT2D eigenvalue weighted by Gasteiger charge is -2.15. The van der Waals surface area contributed by atoms with E-state index in [1.54, 1.807) is 0 Å². The van der Waals surface area contributed by atoms with Crippen LogP contribution in [0.1, 0.15) is 31.4 Å². The van der Waals surface area contributed by atoms with Crippen LogP contribution in [-0.2, 0) is 16.0 Å². The molecule has 0 saturated carbocycles. The number of carbonyl (C=O) groups excluding carboxylic acids is 1. The summed E-state index contributed by atoms with van der Waals surface area (Å²) in [6.45, 7) is 6.11. The first-order valence-electron chi connectivity index (χ1n) is 6.94. The summed E-state index contributed by atoms with van der Waals surface area (Å²) in [5.41, 5.74) is 2.04. The van der Waals surface area contributed by atoms with E-state index in [1.807, 2.05) is 45.0 Å². The third-order valence-corrected chi connectivity index (χ3v) is 3.26. The highest BCUT2D eigenvalue weighted by atomic mass is 16.4. The van der Waals surface area contributed by atoms with Crippen molar-refractivity contribution in [2.45, 2.75) is 33.6 Å². The van der Waals surface area contributed by atoms with Crippen LogP contribution in [-0.4, -0.2) is 23.5 Å². The second-order valence-electron chi connectivity index (χ2n) is 5.57. The van der Waals surface area contributed by atoms with Gasteiger partial charge in [0.1, 0.15) is 0 Å². The second-order valence-corrected chi connectivity index (χ2v) is 5.57. The number of hydrogen-bond donors (Lipinski definition) is 2. The van der Waals surface area contributed by atoms with Gasteiger partial charge in [0.05, 0.1) is 12.3 Å². The van der Waals surface area contributed by atoms with Crippen LogP contribution in [0.25, 0.3) is 0 Å². The van der Waals surface area contributed by atoms with Gasteiger partial charge in [-0.05, 0) is 30.4 Å². The van der Waals surface area contributed by atoms with Crippen LogP contribution in [0.15, 0.2) is 24.3 Å². The van der Waals surface area contributed by atoms with Gasteiger partial charge in [-0.2, -0.15) is 0 Å². The molecule has 20 heavy (non-hydrogen) atoms. The summed E-state index contributed by atoms with van der Waals surface area (Å²) in [4.78, 5) is 23.0. The summed E-state index contributed by atoms with van der Waals surface area (Å²) in [5.74, 6) is -1.20. The van der Waals surface area contributed by atoms with E-state index in [1.165, 1.54) is 0 Å². The Morgan fingerprint density at radius 2 is 1.90 bits per heavy atom. The number of amides is 1. The Morgan fingerprint density at radius 1 is 1.25 bits per heavy atom. The van der Waals surface area contributed by atoms with E-state index in [9.17, 15) is 9.59 Å². The minimum Gasteiger partial charge on any atom is -0.481 e. The summed E-state index contributed by atoms with van der Waals surface area (Å²) in [7, 11) is 0. The first-order chi connectivity index (χ1) is 9.40. The fraction of sp³-hybridized carbons (Fsp3) is 0.500. The molecule has 0 aliphatic heterocycles. The van der Waals surface area contributed by atoms with Gasteiger partial charge in [0, 0.05) is 6.54 Å². The van der Waals surface area contributed by atoms with Crippen LogP contribution in [0.4, 0.5) is 0 Å². The van der Waals surface area contributed by atoms with Crippen molar-refractivity contribution in [2.24, 2.45) is 11.8 Å². The molecule has 0 fully saturated rings. The summed E-state index contributed by atoms with van der Waals surface area (Å²) in [5, 5.41) is 11.8. The van der Waals surface area contributed by atoms with Crippen LogP contribution in [0, 0.1) is 18.8 Å². The fourth-order valence-corrected chi connectivity index (χ4v) is 2.12. The van der Waals surface area contributed by atoms with E-state index in [-0.39, 0.29) is 12.5 Å². The molecule has 0 aliphatic carbocycles. The Labute approximate surface area is 120 Å². The number of aliphatic carboxylic acids is 1. The average Bonchev–Trinajstić information content (AvgIpc) is 2.36. The lowest BCUT2D eigenvalue weighted by atomic mass is 9.97. The van der Waals surface area contributed by atoms with Crippen LogP contribution in [0.5, 0.6) is 0 Å². The molecule has 4 nitrogen and oxygen atoms in total. The van der Waals surface area contributed by atoms with Crippen LogP contribution >= 0.6 is 0 Å². The highest BCUT2D eigenvalue weighted by molar-refractivity contribution is 5.79. The topological polar surface area (TPSA) is 66.4 Å². The summed E-state index contributed by atoms with van der Waals surface area (Å²) in [6, 6.07) is 7.70. The van der Waals surface area contributed by atoms with Crippen molar-refractivity contribution in [2.75, 3.05) is 6.54 Å². The molecule has 0 heterocycles. The van der Waals surface area contributed by atoms with Gasteiger partial charge in [-0.3, -0.25) is 9.59 Å². The minimum atomic E-state index is -0.852. The fourth-order valence-electron chi connectivity index (χ4n) is 2.12. The maximum Gasteiger partial charge on any atom is 0.308 e.